The number of aryl methyl sites for hydroxylation is 2. The molecule has 102 valence electrons. The number of nitrogens with zero attached hydrogens (tertiary/aromatic N) is 2. The predicted molar refractivity (Wildman–Crippen MR) is 82.0 cm³/mol. The highest BCUT2D eigenvalue weighted by atomic mass is 79.9. The van der Waals surface area contributed by atoms with Gasteiger partial charge in [0.15, 0.2) is 0 Å². The Bertz CT molecular complexity index is 531. The van der Waals surface area contributed by atoms with Gasteiger partial charge >= 0.3 is 0 Å². The molecule has 0 spiro atoms. The highest BCUT2D eigenvalue weighted by Gasteiger charge is 2.12. The minimum absolute atomic E-state index is 0.455. The van der Waals surface area contributed by atoms with Gasteiger partial charge in [0.1, 0.15) is 0 Å². The lowest BCUT2D eigenvalue weighted by molar-refractivity contribution is 0.511. The fraction of sp³-hybridized carbons (Fsp3) is 0.400. The molecule has 19 heavy (non-hydrogen) atoms. The summed E-state index contributed by atoms with van der Waals surface area (Å²) < 4.78 is 3.07. The molecule has 3 nitrogen and oxygen atoms in total. The minimum Gasteiger partial charge on any atom is -0.330 e. The van der Waals surface area contributed by atoms with Crippen molar-refractivity contribution in [3.05, 3.63) is 51.8 Å². The van der Waals surface area contributed by atoms with Gasteiger partial charge in [0.05, 0.1) is 5.69 Å². The Morgan fingerprint density at radius 3 is 2.47 bits per heavy atom. The van der Waals surface area contributed by atoms with E-state index in [1.165, 1.54) is 11.3 Å². The number of nitrogens with two attached hydrogens (primary N) is 1. The number of hydrogen-bond acceptors (Lipinski definition) is 2. The van der Waals surface area contributed by atoms with Crippen LogP contribution in [0, 0.1) is 12.8 Å². The van der Waals surface area contributed by atoms with E-state index in [4.69, 9.17) is 5.73 Å². The van der Waals surface area contributed by atoms with Crippen LogP contribution < -0.4 is 5.73 Å². The second-order valence-electron chi connectivity index (χ2n) is 5.04. The molecule has 0 saturated carbocycles. The van der Waals surface area contributed by atoms with E-state index in [0.717, 1.165) is 23.0 Å². The Morgan fingerprint density at radius 1 is 1.26 bits per heavy atom. The molecule has 0 fully saturated rings. The number of hydrogen-bond donors (Lipinski definition) is 1. The first kappa shape index (κ1) is 14.3. The number of benzene rings is 1. The van der Waals surface area contributed by atoms with Crippen molar-refractivity contribution >= 4 is 15.9 Å². The molecule has 1 aromatic heterocycles. The summed E-state index contributed by atoms with van der Waals surface area (Å²) in [5.41, 5.74) is 9.57. The quantitative estimate of drug-likeness (QED) is 0.920. The van der Waals surface area contributed by atoms with Crippen LogP contribution in [0.4, 0.5) is 0 Å². The van der Waals surface area contributed by atoms with Crippen molar-refractivity contribution < 1.29 is 0 Å². The van der Waals surface area contributed by atoms with E-state index in [9.17, 15) is 0 Å². The third-order valence-corrected chi connectivity index (χ3v) is 3.90. The Balaban J connectivity index is 2.04. The number of rotatable bonds is 5. The summed E-state index contributed by atoms with van der Waals surface area (Å²) in [7, 11) is 2.00. The smallest absolute Gasteiger partial charge is 0.0596 e. The molecule has 0 saturated heterocycles. The van der Waals surface area contributed by atoms with Crippen LogP contribution >= 0.6 is 15.9 Å². The molecule has 0 aliphatic carbocycles. The molecular weight excluding hydrogens is 302 g/mol. The van der Waals surface area contributed by atoms with Crippen molar-refractivity contribution in [2.45, 2.75) is 19.8 Å². The summed E-state index contributed by atoms with van der Waals surface area (Å²) in [5, 5.41) is 4.39. The average molecular weight is 322 g/mol. The van der Waals surface area contributed by atoms with Crippen molar-refractivity contribution in [2.24, 2.45) is 18.7 Å². The average Bonchev–Trinajstić information content (AvgIpc) is 2.69. The lowest BCUT2D eigenvalue weighted by atomic mass is 9.95. The maximum absolute atomic E-state index is 5.92. The number of aromatic nitrogens is 2. The van der Waals surface area contributed by atoms with Crippen LogP contribution in [-0.2, 0) is 19.9 Å². The molecule has 1 aromatic carbocycles. The zero-order valence-corrected chi connectivity index (χ0v) is 13.0. The van der Waals surface area contributed by atoms with Gasteiger partial charge in [0.2, 0.25) is 0 Å². The summed E-state index contributed by atoms with van der Waals surface area (Å²) in [6.07, 6.45) is 1.98. The van der Waals surface area contributed by atoms with Gasteiger partial charge < -0.3 is 5.73 Å². The van der Waals surface area contributed by atoms with Crippen LogP contribution in [-0.4, -0.2) is 16.3 Å². The fourth-order valence-electron chi connectivity index (χ4n) is 2.34. The Kier molecular flexibility index (Phi) is 4.77. The zero-order chi connectivity index (χ0) is 13.8. The van der Waals surface area contributed by atoms with Gasteiger partial charge in [-0.2, -0.15) is 5.10 Å². The van der Waals surface area contributed by atoms with E-state index < -0.39 is 0 Å². The highest BCUT2D eigenvalue weighted by Crippen LogP contribution is 2.17. The normalized spacial score (nSPS) is 12.6. The predicted octanol–water partition coefficient (Wildman–Crippen LogP) is 2.85. The molecule has 2 N–H and O–H groups in total. The molecule has 1 atom stereocenters. The lowest BCUT2D eigenvalue weighted by Crippen LogP contribution is -2.20. The molecule has 2 aromatic rings. The molecule has 0 amide bonds. The largest absolute Gasteiger partial charge is 0.330 e. The molecule has 0 aliphatic rings. The van der Waals surface area contributed by atoms with E-state index >= 15 is 0 Å². The van der Waals surface area contributed by atoms with Crippen molar-refractivity contribution in [3.63, 3.8) is 0 Å². The Labute approximate surface area is 122 Å². The molecule has 4 heteroatoms. The van der Waals surface area contributed by atoms with Gasteiger partial charge in [0.25, 0.3) is 0 Å². The van der Waals surface area contributed by atoms with E-state index in [0.29, 0.717) is 12.5 Å². The first-order chi connectivity index (χ1) is 9.08. The maximum Gasteiger partial charge on any atom is 0.0596 e. The van der Waals surface area contributed by atoms with Crippen molar-refractivity contribution in [3.8, 4) is 0 Å². The Morgan fingerprint density at radius 2 is 1.95 bits per heavy atom. The van der Waals surface area contributed by atoms with Crippen LogP contribution in [0.15, 0.2) is 34.8 Å². The molecular formula is C15H20BrN3. The number of halogens is 1. The van der Waals surface area contributed by atoms with Gasteiger partial charge in [-0.25, -0.2) is 0 Å². The minimum atomic E-state index is 0.455. The second kappa shape index (κ2) is 6.35. The van der Waals surface area contributed by atoms with Crippen LogP contribution in [0.1, 0.15) is 17.0 Å². The van der Waals surface area contributed by atoms with Gasteiger partial charge in [-0.1, -0.05) is 28.1 Å². The van der Waals surface area contributed by atoms with E-state index in [2.05, 4.69) is 51.4 Å². The van der Waals surface area contributed by atoms with Crippen molar-refractivity contribution in [2.75, 3.05) is 6.54 Å². The van der Waals surface area contributed by atoms with Gasteiger partial charge in [0, 0.05) is 17.2 Å². The molecule has 1 unspecified atom stereocenters. The summed E-state index contributed by atoms with van der Waals surface area (Å²) in [5.74, 6) is 0.455. The summed E-state index contributed by atoms with van der Waals surface area (Å²) in [4.78, 5) is 0. The first-order valence-electron chi connectivity index (χ1n) is 6.52. The lowest BCUT2D eigenvalue weighted by Gasteiger charge is -2.15. The third kappa shape index (κ3) is 3.91. The van der Waals surface area contributed by atoms with Crippen LogP contribution in [0.2, 0.25) is 0 Å². The van der Waals surface area contributed by atoms with Gasteiger partial charge in [-0.15, -0.1) is 0 Å². The third-order valence-electron chi connectivity index (χ3n) is 3.37. The second-order valence-corrected chi connectivity index (χ2v) is 5.95. The van der Waals surface area contributed by atoms with Crippen LogP contribution in [0.25, 0.3) is 0 Å². The van der Waals surface area contributed by atoms with Crippen LogP contribution in [0.3, 0.4) is 0 Å². The zero-order valence-electron chi connectivity index (χ0n) is 11.4. The highest BCUT2D eigenvalue weighted by molar-refractivity contribution is 9.10. The molecule has 0 radical (unpaired) electrons. The summed E-state index contributed by atoms with van der Waals surface area (Å²) in [6.45, 7) is 2.72. The van der Waals surface area contributed by atoms with Crippen LogP contribution in [0.5, 0.6) is 0 Å². The SMILES string of the molecule is Cc1cc(CC(CN)Cc2ccc(Br)cc2)n(C)n1. The fourth-order valence-corrected chi connectivity index (χ4v) is 2.61. The summed E-state index contributed by atoms with van der Waals surface area (Å²) in [6, 6.07) is 10.6. The molecule has 2 rings (SSSR count). The molecule has 1 heterocycles. The van der Waals surface area contributed by atoms with Crippen molar-refractivity contribution in [1.82, 2.24) is 9.78 Å². The van der Waals surface area contributed by atoms with E-state index in [1.54, 1.807) is 0 Å². The topological polar surface area (TPSA) is 43.8 Å². The molecule has 0 aliphatic heterocycles. The van der Waals surface area contributed by atoms with E-state index in [-0.39, 0.29) is 0 Å². The van der Waals surface area contributed by atoms with Gasteiger partial charge in [-0.05, 0) is 56.0 Å². The van der Waals surface area contributed by atoms with E-state index in [1.807, 2.05) is 18.7 Å². The maximum atomic E-state index is 5.92. The standard InChI is InChI=1S/C15H20BrN3/c1-11-7-15(19(2)18-11)9-13(10-17)8-12-3-5-14(16)6-4-12/h3-7,13H,8-10,17H2,1-2H3. The molecule has 0 bridgehead atoms. The Hall–Kier alpha value is -1.13. The first-order valence-corrected chi connectivity index (χ1v) is 7.32. The summed E-state index contributed by atoms with van der Waals surface area (Å²) >= 11 is 3.46. The van der Waals surface area contributed by atoms with Crippen molar-refractivity contribution in [1.29, 1.82) is 0 Å². The monoisotopic (exact) mass is 321 g/mol. The van der Waals surface area contributed by atoms with Gasteiger partial charge in [-0.3, -0.25) is 4.68 Å².